The monoisotopic (exact) mass is 317 g/mol. The highest BCUT2D eigenvalue weighted by Gasteiger charge is 2.18. The van der Waals surface area contributed by atoms with Gasteiger partial charge in [-0.15, -0.1) is 0 Å². The number of carbonyl (C=O) groups excluding carboxylic acids is 1. The molecule has 2 aliphatic heterocycles. The molecule has 2 fully saturated rings. The van der Waals surface area contributed by atoms with E-state index in [1.54, 1.807) is 0 Å². The lowest BCUT2D eigenvalue weighted by Gasteiger charge is -2.32. The minimum atomic E-state index is 0.287. The number of rotatable bonds is 4. The molecule has 0 saturated carbocycles. The predicted octanol–water partition coefficient (Wildman–Crippen LogP) is 1.23. The zero-order valence-corrected chi connectivity index (χ0v) is 14.0. The molecule has 2 aliphatic rings. The van der Waals surface area contributed by atoms with Gasteiger partial charge >= 0.3 is 0 Å². The van der Waals surface area contributed by atoms with Crippen molar-refractivity contribution in [2.75, 3.05) is 64.4 Å². The molecule has 0 aromatic heterocycles. The molecular weight excluding hydrogens is 290 g/mol. The average Bonchev–Trinajstić information content (AvgIpc) is 2.61. The van der Waals surface area contributed by atoms with Gasteiger partial charge < -0.3 is 19.4 Å². The Balaban J connectivity index is 1.47. The first-order valence-electron chi connectivity index (χ1n) is 8.60. The SMILES string of the molecule is CN1CCN(C(=O)CCc2ccc(N3CCOCC3)cc2)CC1. The van der Waals surface area contributed by atoms with Crippen LogP contribution in [0.4, 0.5) is 5.69 Å². The van der Waals surface area contributed by atoms with E-state index in [-0.39, 0.29) is 5.91 Å². The number of anilines is 1. The Morgan fingerprint density at radius 2 is 1.65 bits per heavy atom. The summed E-state index contributed by atoms with van der Waals surface area (Å²) in [5, 5.41) is 0. The molecule has 1 aromatic carbocycles. The lowest BCUT2D eigenvalue weighted by Crippen LogP contribution is -2.47. The van der Waals surface area contributed by atoms with Crippen molar-refractivity contribution in [3.05, 3.63) is 29.8 Å². The van der Waals surface area contributed by atoms with Gasteiger partial charge in [0.25, 0.3) is 0 Å². The maximum atomic E-state index is 12.3. The zero-order chi connectivity index (χ0) is 16.1. The second-order valence-corrected chi connectivity index (χ2v) is 6.45. The Morgan fingerprint density at radius 3 is 2.30 bits per heavy atom. The smallest absolute Gasteiger partial charge is 0.222 e. The predicted molar refractivity (Wildman–Crippen MR) is 91.9 cm³/mol. The van der Waals surface area contributed by atoms with Crippen LogP contribution in [0.5, 0.6) is 0 Å². The van der Waals surface area contributed by atoms with E-state index in [2.05, 4.69) is 41.1 Å². The van der Waals surface area contributed by atoms with Crippen LogP contribution < -0.4 is 4.90 Å². The van der Waals surface area contributed by atoms with Gasteiger partial charge in [0.2, 0.25) is 5.91 Å². The van der Waals surface area contributed by atoms with E-state index >= 15 is 0 Å². The van der Waals surface area contributed by atoms with Crippen LogP contribution in [0.15, 0.2) is 24.3 Å². The lowest BCUT2D eigenvalue weighted by molar-refractivity contribution is -0.132. The molecule has 0 spiro atoms. The molecule has 0 radical (unpaired) electrons. The summed E-state index contributed by atoms with van der Waals surface area (Å²) in [6, 6.07) is 8.64. The van der Waals surface area contributed by atoms with Gasteiger partial charge in [-0.2, -0.15) is 0 Å². The summed E-state index contributed by atoms with van der Waals surface area (Å²) < 4.78 is 5.39. The van der Waals surface area contributed by atoms with Crippen LogP contribution in [0, 0.1) is 0 Å². The highest BCUT2D eigenvalue weighted by Crippen LogP contribution is 2.17. The summed E-state index contributed by atoms with van der Waals surface area (Å²) in [6.45, 7) is 7.24. The van der Waals surface area contributed by atoms with Crippen LogP contribution >= 0.6 is 0 Å². The van der Waals surface area contributed by atoms with E-state index in [1.165, 1.54) is 11.3 Å². The normalized spacial score (nSPS) is 19.9. The topological polar surface area (TPSA) is 36.0 Å². The molecule has 126 valence electrons. The Morgan fingerprint density at radius 1 is 1.00 bits per heavy atom. The Kier molecular flexibility index (Phi) is 5.51. The highest BCUT2D eigenvalue weighted by molar-refractivity contribution is 5.76. The van der Waals surface area contributed by atoms with Crippen molar-refractivity contribution < 1.29 is 9.53 Å². The quantitative estimate of drug-likeness (QED) is 0.837. The van der Waals surface area contributed by atoms with Crippen molar-refractivity contribution in [3.8, 4) is 0 Å². The average molecular weight is 317 g/mol. The second-order valence-electron chi connectivity index (χ2n) is 6.45. The molecule has 0 unspecified atom stereocenters. The van der Waals surface area contributed by atoms with E-state index in [0.29, 0.717) is 6.42 Å². The first-order valence-corrected chi connectivity index (χ1v) is 8.60. The zero-order valence-electron chi connectivity index (χ0n) is 14.0. The summed E-state index contributed by atoms with van der Waals surface area (Å²) in [6.07, 6.45) is 1.44. The van der Waals surface area contributed by atoms with Crippen LogP contribution in [0.1, 0.15) is 12.0 Å². The molecule has 0 atom stereocenters. The molecule has 2 heterocycles. The molecule has 5 heteroatoms. The number of piperazine rings is 1. The van der Waals surface area contributed by atoms with E-state index in [0.717, 1.165) is 58.9 Å². The van der Waals surface area contributed by atoms with Gasteiger partial charge in [-0.3, -0.25) is 4.79 Å². The number of ether oxygens (including phenoxy) is 1. The van der Waals surface area contributed by atoms with E-state index in [4.69, 9.17) is 4.74 Å². The first-order chi connectivity index (χ1) is 11.2. The number of morpholine rings is 1. The number of hydrogen-bond acceptors (Lipinski definition) is 4. The van der Waals surface area contributed by atoms with Gasteiger partial charge in [-0.05, 0) is 31.2 Å². The largest absolute Gasteiger partial charge is 0.378 e. The standard InChI is InChI=1S/C18H27N3O2/c1-19-8-10-21(11-9-19)18(22)7-4-16-2-5-17(6-3-16)20-12-14-23-15-13-20/h2-3,5-6H,4,7-15H2,1H3. The summed E-state index contributed by atoms with van der Waals surface area (Å²) >= 11 is 0. The molecule has 1 aromatic rings. The van der Waals surface area contributed by atoms with Gasteiger partial charge in [0.05, 0.1) is 13.2 Å². The van der Waals surface area contributed by atoms with Crippen LogP contribution in [0.2, 0.25) is 0 Å². The Labute approximate surface area is 138 Å². The summed E-state index contributed by atoms with van der Waals surface area (Å²) in [5.41, 5.74) is 2.49. The number of aryl methyl sites for hydroxylation is 1. The third kappa shape index (κ3) is 4.45. The minimum Gasteiger partial charge on any atom is -0.378 e. The number of amides is 1. The van der Waals surface area contributed by atoms with E-state index in [1.807, 2.05) is 4.90 Å². The molecule has 1 amide bonds. The number of nitrogens with zero attached hydrogens (tertiary/aromatic N) is 3. The Bertz CT molecular complexity index is 504. The maximum Gasteiger partial charge on any atom is 0.222 e. The summed E-state index contributed by atoms with van der Waals surface area (Å²) in [7, 11) is 2.11. The van der Waals surface area contributed by atoms with Crippen molar-refractivity contribution >= 4 is 11.6 Å². The third-order valence-corrected chi connectivity index (χ3v) is 4.80. The van der Waals surface area contributed by atoms with Crippen molar-refractivity contribution in [2.45, 2.75) is 12.8 Å². The highest BCUT2D eigenvalue weighted by atomic mass is 16.5. The van der Waals surface area contributed by atoms with Crippen LogP contribution in [0.25, 0.3) is 0 Å². The van der Waals surface area contributed by atoms with Gasteiger partial charge in [0.15, 0.2) is 0 Å². The van der Waals surface area contributed by atoms with Crippen LogP contribution in [0.3, 0.4) is 0 Å². The molecule has 2 saturated heterocycles. The Hall–Kier alpha value is -1.59. The fourth-order valence-electron chi connectivity index (χ4n) is 3.16. The number of carbonyl (C=O) groups is 1. The first kappa shape index (κ1) is 16.3. The van der Waals surface area contributed by atoms with Crippen molar-refractivity contribution in [2.24, 2.45) is 0 Å². The molecule has 5 nitrogen and oxygen atoms in total. The fraction of sp³-hybridized carbons (Fsp3) is 0.611. The van der Waals surface area contributed by atoms with Gasteiger partial charge in [-0.1, -0.05) is 12.1 Å². The van der Waals surface area contributed by atoms with Gasteiger partial charge in [-0.25, -0.2) is 0 Å². The lowest BCUT2D eigenvalue weighted by atomic mass is 10.1. The number of benzene rings is 1. The van der Waals surface area contributed by atoms with Gasteiger partial charge in [0, 0.05) is 51.4 Å². The molecule has 3 rings (SSSR count). The van der Waals surface area contributed by atoms with Crippen LogP contribution in [-0.4, -0.2) is 75.2 Å². The molecule has 0 N–H and O–H groups in total. The summed E-state index contributed by atoms with van der Waals surface area (Å²) in [5.74, 6) is 0.287. The number of likely N-dealkylation sites (N-methyl/N-ethyl adjacent to an activating group) is 1. The molecular formula is C18H27N3O2. The minimum absolute atomic E-state index is 0.287. The second kappa shape index (κ2) is 7.79. The number of hydrogen-bond donors (Lipinski definition) is 0. The van der Waals surface area contributed by atoms with Crippen molar-refractivity contribution in [1.29, 1.82) is 0 Å². The van der Waals surface area contributed by atoms with E-state index < -0.39 is 0 Å². The third-order valence-electron chi connectivity index (χ3n) is 4.80. The maximum absolute atomic E-state index is 12.3. The van der Waals surface area contributed by atoms with Crippen molar-refractivity contribution in [1.82, 2.24) is 9.80 Å². The van der Waals surface area contributed by atoms with Crippen LogP contribution in [-0.2, 0) is 16.0 Å². The van der Waals surface area contributed by atoms with Crippen molar-refractivity contribution in [3.63, 3.8) is 0 Å². The summed E-state index contributed by atoms with van der Waals surface area (Å²) in [4.78, 5) is 18.9. The molecule has 0 bridgehead atoms. The van der Waals surface area contributed by atoms with Gasteiger partial charge in [0.1, 0.15) is 0 Å². The molecule has 0 aliphatic carbocycles. The fourth-order valence-corrected chi connectivity index (χ4v) is 3.16. The van der Waals surface area contributed by atoms with E-state index in [9.17, 15) is 4.79 Å². The molecule has 23 heavy (non-hydrogen) atoms.